The Morgan fingerprint density at radius 1 is 1.35 bits per heavy atom. The van der Waals surface area contributed by atoms with Crippen LogP contribution >= 0.6 is 22.6 Å². The zero-order valence-electron chi connectivity index (χ0n) is 8.93. The third kappa shape index (κ3) is 3.72. The van der Waals surface area contributed by atoms with Gasteiger partial charge in [-0.2, -0.15) is 0 Å². The summed E-state index contributed by atoms with van der Waals surface area (Å²) < 4.78 is 31.3. The molecule has 0 saturated carbocycles. The van der Waals surface area contributed by atoms with Gasteiger partial charge in [0.05, 0.1) is 12.2 Å². The molecule has 0 radical (unpaired) electrons. The van der Waals surface area contributed by atoms with Crippen LogP contribution in [-0.4, -0.2) is 18.4 Å². The lowest BCUT2D eigenvalue weighted by molar-refractivity contribution is -0.141. The Morgan fingerprint density at radius 3 is 2.59 bits per heavy atom. The molecule has 1 aromatic carbocycles. The van der Waals surface area contributed by atoms with Crippen LogP contribution in [0.15, 0.2) is 12.1 Å². The minimum absolute atomic E-state index is 0.134. The summed E-state index contributed by atoms with van der Waals surface area (Å²) in [4.78, 5) is 22.6. The van der Waals surface area contributed by atoms with E-state index in [4.69, 9.17) is 0 Å². The van der Waals surface area contributed by atoms with Gasteiger partial charge in [-0.25, -0.2) is 8.78 Å². The molecule has 6 heteroatoms. The maximum Gasteiger partial charge on any atom is 0.313 e. The van der Waals surface area contributed by atoms with Gasteiger partial charge in [0.25, 0.3) is 0 Å². The van der Waals surface area contributed by atoms with Crippen LogP contribution in [0.2, 0.25) is 0 Å². The lowest BCUT2D eigenvalue weighted by Crippen LogP contribution is -2.13. The number of halogens is 3. The number of ketones is 1. The highest BCUT2D eigenvalue weighted by atomic mass is 127. The second-order valence-electron chi connectivity index (χ2n) is 3.15. The van der Waals surface area contributed by atoms with Crippen molar-refractivity contribution in [3.05, 3.63) is 32.9 Å². The quantitative estimate of drug-likeness (QED) is 0.275. The van der Waals surface area contributed by atoms with Crippen LogP contribution in [0.1, 0.15) is 23.7 Å². The van der Waals surface area contributed by atoms with E-state index in [0.29, 0.717) is 3.57 Å². The van der Waals surface area contributed by atoms with E-state index >= 15 is 0 Å². The normalized spacial score (nSPS) is 10.1. The third-order valence-corrected chi connectivity index (χ3v) is 2.53. The zero-order chi connectivity index (χ0) is 13.0. The van der Waals surface area contributed by atoms with E-state index in [9.17, 15) is 18.4 Å². The Morgan fingerprint density at radius 2 is 2.00 bits per heavy atom. The van der Waals surface area contributed by atoms with Crippen LogP contribution in [0, 0.1) is 15.2 Å². The van der Waals surface area contributed by atoms with Crippen LogP contribution in [0.5, 0.6) is 0 Å². The molecule has 0 unspecified atom stereocenters. The largest absolute Gasteiger partial charge is 0.466 e. The maximum atomic E-state index is 13.3. The number of carbonyl (C=O) groups is 2. The molecular formula is C11H9F2IO3. The highest BCUT2D eigenvalue weighted by molar-refractivity contribution is 14.1. The van der Waals surface area contributed by atoms with Crippen LogP contribution in [0.3, 0.4) is 0 Å². The van der Waals surface area contributed by atoms with Crippen LogP contribution < -0.4 is 0 Å². The van der Waals surface area contributed by atoms with Gasteiger partial charge in [0, 0.05) is 3.57 Å². The van der Waals surface area contributed by atoms with Crippen LogP contribution in [0.4, 0.5) is 8.78 Å². The predicted molar refractivity (Wildman–Crippen MR) is 64.7 cm³/mol. The van der Waals surface area contributed by atoms with Crippen molar-refractivity contribution in [2.75, 3.05) is 6.61 Å². The summed E-state index contributed by atoms with van der Waals surface area (Å²) in [7, 11) is 0. The minimum atomic E-state index is -1.24. The summed E-state index contributed by atoms with van der Waals surface area (Å²) in [5, 5.41) is 0. The fraction of sp³-hybridized carbons (Fsp3) is 0.273. The molecule has 0 fully saturated rings. The SMILES string of the molecule is CCOC(=O)CC(=O)c1cc(I)cc(F)c1F. The van der Waals surface area contributed by atoms with Crippen molar-refractivity contribution in [1.82, 2.24) is 0 Å². The molecule has 0 spiro atoms. The lowest BCUT2D eigenvalue weighted by Gasteiger charge is -2.04. The predicted octanol–water partition coefficient (Wildman–Crippen LogP) is 2.71. The molecule has 92 valence electrons. The number of hydrogen-bond acceptors (Lipinski definition) is 3. The summed E-state index contributed by atoms with van der Waals surface area (Å²) in [6, 6.07) is 2.16. The van der Waals surface area contributed by atoms with Gasteiger partial charge in [-0.1, -0.05) is 0 Å². The van der Waals surface area contributed by atoms with Gasteiger partial charge in [0.2, 0.25) is 0 Å². The Labute approximate surface area is 110 Å². The molecule has 3 nitrogen and oxygen atoms in total. The Hall–Kier alpha value is -1.05. The zero-order valence-corrected chi connectivity index (χ0v) is 11.1. The summed E-state index contributed by atoms with van der Waals surface area (Å²) in [5.41, 5.74) is -0.428. The molecule has 0 heterocycles. The first-order chi connectivity index (χ1) is 7.95. The molecule has 1 aromatic rings. The fourth-order valence-electron chi connectivity index (χ4n) is 1.20. The first-order valence-corrected chi connectivity index (χ1v) is 5.87. The first-order valence-electron chi connectivity index (χ1n) is 4.79. The molecule has 1 rings (SSSR count). The number of hydrogen-bond donors (Lipinski definition) is 0. The van der Waals surface area contributed by atoms with E-state index in [2.05, 4.69) is 4.74 Å². The first kappa shape index (κ1) is 14.0. The van der Waals surface area contributed by atoms with E-state index in [1.54, 1.807) is 29.5 Å². The van der Waals surface area contributed by atoms with Gasteiger partial charge < -0.3 is 4.74 Å². The highest BCUT2D eigenvalue weighted by Crippen LogP contribution is 2.18. The Bertz CT molecular complexity index is 460. The summed E-state index contributed by atoms with van der Waals surface area (Å²) in [6.07, 6.45) is -0.593. The van der Waals surface area contributed by atoms with E-state index in [0.717, 1.165) is 6.07 Å². The molecular weight excluding hydrogens is 345 g/mol. The average molecular weight is 354 g/mol. The minimum Gasteiger partial charge on any atom is -0.466 e. The average Bonchev–Trinajstić information content (AvgIpc) is 2.23. The summed E-state index contributed by atoms with van der Waals surface area (Å²) >= 11 is 1.76. The summed E-state index contributed by atoms with van der Waals surface area (Å²) in [6.45, 7) is 1.73. The standard InChI is InChI=1S/C11H9F2IO3/c1-2-17-10(16)5-9(15)7-3-6(14)4-8(12)11(7)13/h3-4H,2,5H2,1H3. The van der Waals surface area contributed by atoms with Crippen molar-refractivity contribution in [3.63, 3.8) is 0 Å². The number of Topliss-reactive ketones (excluding diaryl/α,β-unsaturated/α-hetero) is 1. The van der Waals surface area contributed by atoms with Crippen LogP contribution in [0.25, 0.3) is 0 Å². The molecule has 0 N–H and O–H groups in total. The molecule has 0 aromatic heterocycles. The topological polar surface area (TPSA) is 43.4 Å². The molecule has 0 aliphatic carbocycles. The van der Waals surface area contributed by atoms with E-state index in [-0.39, 0.29) is 6.61 Å². The van der Waals surface area contributed by atoms with Gasteiger partial charge in [-0.15, -0.1) is 0 Å². The summed E-state index contributed by atoms with van der Waals surface area (Å²) in [5.74, 6) is -3.89. The monoisotopic (exact) mass is 354 g/mol. The molecule has 0 saturated heterocycles. The molecule has 0 atom stereocenters. The number of rotatable bonds is 4. The smallest absolute Gasteiger partial charge is 0.313 e. The number of carbonyl (C=O) groups excluding carboxylic acids is 2. The van der Waals surface area contributed by atoms with E-state index in [1.165, 1.54) is 6.07 Å². The van der Waals surface area contributed by atoms with E-state index in [1.807, 2.05) is 0 Å². The Kier molecular flexibility index (Phi) is 4.98. The Balaban J connectivity index is 2.93. The number of benzene rings is 1. The van der Waals surface area contributed by atoms with Gasteiger partial charge in [-0.05, 0) is 41.6 Å². The lowest BCUT2D eigenvalue weighted by atomic mass is 10.1. The van der Waals surface area contributed by atoms with Gasteiger partial charge >= 0.3 is 5.97 Å². The van der Waals surface area contributed by atoms with Gasteiger partial charge in [0.15, 0.2) is 17.4 Å². The van der Waals surface area contributed by atoms with Crippen molar-refractivity contribution in [2.24, 2.45) is 0 Å². The maximum absolute atomic E-state index is 13.3. The molecule has 0 bridgehead atoms. The van der Waals surface area contributed by atoms with E-state index < -0.39 is 35.4 Å². The van der Waals surface area contributed by atoms with Gasteiger partial charge in [-0.3, -0.25) is 9.59 Å². The van der Waals surface area contributed by atoms with Crippen molar-refractivity contribution in [2.45, 2.75) is 13.3 Å². The van der Waals surface area contributed by atoms with Gasteiger partial charge in [0.1, 0.15) is 6.42 Å². The second-order valence-corrected chi connectivity index (χ2v) is 4.40. The van der Waals surface area contributed by atoms with Crippen molar-refractivity contribution >= 4 is 34.3 Å². The number of ether oxygens (including phenoxy) is 1. The number of esters is 1. The van der Waals surface area contributed by atoms with Crippen molar-refractivity contribution < 1.29 is 23.1 Å². The molecule has 0 amide bonds. The second kappa shape index (κ2) is 6.04. The third-order valence-electron chi connectivity index (χ3n) is 1.90. The van der Waals surface area contributed by atoms with Crippen molar-refractivity contribution in [1.29, 1.82) is 0 Å². The molecule has 17 heavy (non-hydrogen) atoms. The molecule has 0 aliphatic rings. The van der Waals surface area contributed by atoms with Crippen molar-refractivity contribution in [3.8, 4) is 0 Å². The van der Waals surface area contributed by atoms with Crippen LogP contribution in [-0.2, 0) is 9.53 Å². The molecule has 0 aliphatic heterocycles. The fourth-order valence-corrected chi connectivity index (χ4v) is 1.78. The highest BCUT2D eigenvalue weighted by Gasteiger charge is 2.19.